The second kappa shape index (κ2) is 19.7. The molecule has 6 N–H and O–H groups in total. The Morgan fingerprint density at radius 2 is 1.62 bits per heavy atom. The highest BCUT2D eigenvalue weighted by Gasteiger charge is 2.42. The highest BCUT2D eigenvalue weighted by Crippen LogP contribution is 2.36. The predicted molar refractivity (Wildman–Crippen MR) is 243 cm³/mol. The van der Waals surface area contributed by atoms with E-state index in [2.05, 4.69) is 49.8 Å². The van der Waals surface area contributed by atoms with Crippen LogP contribution in [-0.4, -0.2) is 68.3 Å². The van der Waals surface area contributed by atoms with Crippen molar-refractivity contribution >= 4 is 34.1 Å². The smallest absolute Gasteiger partial charge is 0.347 e. The number of phenols is 1. The minimum Gasteiger partial charge on any atom is -0.506 e. The third-order valence-corrected chi connectivity index (χ3v) is 12.7. The van der Waals surface area contributed by atoms with Gasteiger partial charge < -0.3 is 35.7 Å². The van der Waals surface area contributed by atoms with Crippen molar-refractivity contribution in [1.82, 2.24) is 25.5 Å². The van der Waals surface area contributed by atoms with E-state index >= 15 is 0 Å². The number of carbonyl (C=O) groups excluding carboxylic acids is 2. The van der Waals surface area contributed by atoms with Crippen molar-refractivity contribution < 1.29 is 29.6 Å². The highest BCUT2D eigenvalue weighted by atomic mass is 32.1. The van der Waals surface area contributed by atoms with Gasteiger partial charge in [0.15, 0.2) is 0 Å². The van der Waals surface area contributed by atoms with Gasteiger partial charge in [0.25, 0.3) is 5.91 Å². The van der Waals surface area contributed by atoms with Crippen molar-refractivity contribution in [1.29, 1.82) is 0 Å². The summed E-state index contributed by atoms with van der Waals surface area (Å²) in [6.07, 6.45) is 2.51. The number of esters is 1. The Labute approximate surface area is 368 Å². The lowest BCUT2D eigenvalue weighted by molar-refractivity contribution is -0.164. The average Bonchev–Trinajstić information content (AvgIpc) is 3.80. The standard InChI is InChI=1S/C50H49N5O7S/c56-43-19-16-40(41-17-21-46(58)54-47(41)43)44(57)30-51-27-35-14-18-42(52-28-35)48(59)53-29-39-15-20-45(63-39)36-10-7-13-38(26-36)50(61,37-11-5-2-6-12-37)49(60)62-32-34-22-24-55(25-23-34)31-33-8-3-1-4-9-33/h1-21,26,28,34,44,51,56-57,61H,22-25,27,29-32H2,(H,53,59)(H,54,58). The fourth-order valence-electron chi connectivity index (χ4n) is 7.99. The number of nitrogens with one attached hydrogen (secondary N) is 3. The molecule has 0 bridgehead atoms. The quantitative estimate of drug-likeness (QED) is 0.0567. The lowest BCUT2D eigenvalue weighted by Gasteiger charge is -2.33. The number of hydrogen-bond donors (Lipinski definition) is 6. The Bertz CT molecular complexity index is 2720. The number of ether oxygens (including phenoxy) is 1. The molecule has 4 aromatic carbocycles. The number of aromatic nitrogens is 2. The lowest BCUT2D eigenvalue weighted by Crippen LogP contribution is -2.40. The molecule has 0 radical (unpaired) electrons. The number of benzene rings is 4. The monoisotopic (exact) mass is 863 g/mol. The fourth-order valence-corrected chi connectivity index (χ4v) is 8.94. The largest absolute Gasteiger partial charge is 0.506 e. The molecular formula is C50H49N5O7S. The molecule has 2 unspecified atom stereocenters. The summed E-state index contributed by atoms with van der Waals surface area (Å²) in [5.74, 6) is -0.902. The molecule has 7 aromatic rings. The molecule has 322 valence electrons. The zero-order valence-corrected chi connectivity index (χ0v) is 35.4. The molecule has 2 atom stereocenters. The molecule has 63 heavy (non-hydrogen) atoms. The summed E-state index contributed by atoms with van der Waals surface area (Å²) in [5.41, 5.74) is 2.46. The first-order valence-corrected chi connectivity index (χ1v) is 21.8. The molecule has 4 heterocycles. The molecule has 0 spiro atoms. The van der Waals surface area contributed by atoms with E-state index in [1.807, 2.05) is 42.5 Å². The summed E-state index contributed by atoms with van der Waals surface area (Å²) in [7, 11) is 0. The van der Waals surface area contributed by atoms with Gasteiger partial charge in [0, 0.05) is 52.6 Å². The number of aromatic hydroxyl groups is 1. The summed E-state index contributed by atoms with van der Waals surface area (Å²) in [6.45, 7) is 3.83. The van der Waals surface area contributed by atoms with Crippen LogP contribution < -0.4 is 16.2 Å². The Hall–Kier alpha value is -6.48. The van der Waals surface area contributed by atoms with Crippen LogP contribution in [0.5, 0.6) is 5.75 Å². The normalized spacial score (nSPS) is 14.8. The van der Waals surface area contributed by atoms with Gasteiger partial charge in [-0.15, -0.1) is 11.3 Å². The van der Waals surface area contributed by atoms with E-state index < -0.39 is 17.7 Å². The SMILES string of the molecule is O=C(NCc1ccc(-c2cccc(C(O)(C(=O)OCC3CCN(Cc4ccccc4)CC3)c3ccccc3)c2)s1)c1ccc(CNCC(O)c2ccc(O)c3[nH]c(=O)ccc23)cn1. The van der Waals surface area contributed by atoms with Crippen molar-refractivity contribution in [2.24, 2.45) is 5.92 Å². The molecule has 1 saturated heterocycles. The van der Waals surface area contributed by atoms with Crippen LogP contribution in [0.15, 0.2) is 144 Å². The zero-order chi connectivity index (χ0) is 43.8. The number of piperidine rings is 1. The number of hydrogen-bond acceptors (Lipinski definition) is 11. The number of aliphatic hydroxyl groups is 2. The maximum Gasteiger partial charge on any atom is 0.347 e. The average molecular weight is 864 g/mol. The molecule has 3 aromatic heterocycles. The van der Waals surface area contributed by atoms with Crippen LogP contribution in [0.3, 0.4) is 0 Å². The Morgan fingerprint density at radius 1 is 0.857 bits per heavy atom. The predicted octanol–water partition coefficient (Wildman–Crippen LogP) is 6.80. The molecule has 1 aliphatic rings. The van der Waals surface area contributed by atoms with Crippen LogP contribution in [0.1, 0.15) is 62.1 Å². The van der Waals surface area contributed by atoms with Crippen molar-refractivity contribution in [2.45, 2.75) is 44.2 Å². The van der Waals surface area contributed by atoms with Gasteiger partial charge in [0.1, 0.15) is 11.4 Å². The van der Waals surface area contributed by atoms with Crippen LogP contribution in [0.25, 0.3) is 21.3 Å². The summed E-state index contributed by atoms with van der Waals surface area (Å²) in [4.78, 5) is 50.0. The van der Waals surface area contributed by atoms with E-state index in [1.54, 1.807) is 60.8 Å². The lowest BCUT2D eigenvalue weighted by atomic mass is 9.85. The van der Waals surface area contributed by atoms with Crippen molar-refractivity contribution in [2.75, 3.05) is 26.2 Å². The number of aromatic amines is 1. The number of thiophene rings is 1. The van der Waals surface area contributed by atoms with Gasteiger partial charge in [-0.2, -0.15) is 0 Å². The van der Waals surface area contributed by atoms with Crippen LogP contribution in [-0.2, 0) is 34.8 Å². The fraction of sp³-hybridized carbons (Fsp3) is 0.240. The van der Waals surface area contributed by atoms with Crippen molar-refractivity contribution in [3.63, 3.8) is 0 Å². The summed E-state index contributed by atoms with van der Waals surface area (Å²) in [5, 5.41) is 40.0. The number of pyridine rings is 2. The zero-order valence-electron chi connectivity index (χ0n) is 34.6. The Balaban J connectivity index is 0.848. The van der Waals surface area contributed by atoms with E-state index in [4.69, 9.17) is 4.74 Å². The number of rotatable bonds is 16. The van der Waals surface area contributed by atoms with E-state index in [0.29, 0.717) is 28.6 Å². The van der Waals surface area contributed by atoms with Crippen LogP contribution >= 0.6 is 11.3 Å². The van der Waals surface area contributed by atoms with Gasteiger partial charge in [-0.1, -0.05) is 91.0 Å². The van der Waals surface area contributed by atoms with E-state index in [-0.39, 0.29) is 54.0 Å². The number of phenolic OH excluding ortho intramolecular Hbond substituents is 1. The molecule has 13 heteroatoms. The van der Waals surface area contributed by atoms with Crippen LogP contribution in [0.2, 0.25) is 0 Å². The van der Waals surface area contributed by atoms with Crippen molar-refractivity contribution in [3.05, 3.63) is 188 Å². The molecule has 1 aliphatic heterocycles. The molecular weight excluding hydrogens is 815 g/mol. The second-order valence-electron chi connectivity index (χ2n) is 15.9. The molecule has 8 rings (SSSR count). The van der Waals surface area contributed by atoms with Gasteiger partial charge >= 0.3 is 5.97 Å². The van der Waals surface area contributed by atoms with Gasteiger partial charge in [-0.3, -0.25) is 19.5 Å². The van der Waals surface area contributed by atoms with Crippen LogP contribution in [0.4, 0.5) is 0 Å². The Morgan fingerprint density at radius 3 is 2.38 bits per heavy atom. The van der Waals surface area contributed by atoms with Gasteiger partial charge in [-0.05, 0) is 96.1 Å². The molecule has 12 nitrogen and oxygen atoms in total. The van der Waals surface area contributed by atoms with Crippen LogP contribution in [0, 0.1) is 5.92 Å². The third kappa shape index (κ3) is 10.3. The first-order valence-electron chi connectivity index (χ1n) is 21.0. The summed E-state index contributed by atoms with van der Waals surface area (Å²) < 4.78 is 5.94. The molecule has 1 amide bonds. The number of H-pyrrole nitrogens is 1. The van der Waals surface area contributed by atoms with E-state index in [0.717, 1.165) is 53.4 Å². The number of nitrogens with zero attached hydrogens (tertiary/aromatic N) is 2. The summed E-state index contributed by atoms with van der Waals surface area (Å²) >= 11 is 1.50. The van der Waals surface area contributed by atoms with Gasteiger partial charge in [0.2, 0.25) is 11.2 Å². The number of amides is 1. The van der Waals surface area contributed by atoms with Gasteiger partial charge in [0.05, 0.1) is 24.8 Å². The maximum absolute atomic E-state index is 14.0. The topological polar surface area (TPSA) is 177 Å². The maximum atomic E-state index is 14.0. The van der Waals surface area contributed by atoms with E-state index in [1.165, 1.54) is 29.0 Å². The summed E-state index contributed by atoms with van der Waals surface area (Å²) in [6, 6.07) is 40.0. The number of aliphatic hydroxyl groups excluding tert-OH is 1. The number of carbonyl (C=O) groups is 2. The van der Waals surface area contributed by atoms with Gasteiger partial charge in [-0.25, -0.2) is 4.79 Å². The molecule has 1 fully saturated rings. The minimum atomic E-state index is -2.02. The Kier molecular flexibility index (Phi) is 13.5. The minimum absolute atomic E-state index is 0.0736. The van der Waals surface area contributed by atoms with E-state index in [9.17, 15) is 29.7 Å². The number of likely N-dealkylation sites (tertiary alicyclic amines) is 1. The third-order valence-electron chi connectivity index (χ3n) is 11.5. The van der Waals surface area contributed by atoms with Crippen molar-refractivity contribution in [3.8, 4) is 16.2 Å². The molecule has 0 saturated carbocycles. The first-order chi connectivity index (χ1) is 30.6. The second-order valence-corrected chi connectivity index (χ2v) is 17.1. The number of fused-ring (bicyclic) bond motifs is 1. The molecule has 0 aliphatic carbocycles. The highest BCUT2D eigenvalue weighted by molar-refractivity contribution is 7.15. The first kappa shape index (κ1) is 43.2.